The van der Waals surface area contributed by atoms with Crippen molar-refractivity contribution in [2.24, 2.45) is 0 Å². The van der Waals surface area contributed by atoms with E-state index in [0.717, 1.165) is 0 Å². The maximum absolute atomic E-state index is 11.3. The Morgan fingerprint density at radius 2 is 2.25 bits per heavy atom. The van der Waals surface area contributed by atoms with Crippen LogP contribution in [0.1, 0.15) is 19.4 Å². The lowest BCUT2D eigenvalue weighted by atomic mass is 9.80. The Kier molecular flexibility index (Phi) is 3.88. The van der Waals surface area contributed by atoms with Crippen molar-refractivity contribution in [3.63, 3.8) is 0 Å². The molecule has 1 aromatic rings. The van der Waals surface area contributed by atoms with E-state index in [1.165, 1.54) is 13.3 Å². The number of hydrogen-bond acceptors (Lipinski definition) is 4. The number of carbonyl (C=O) groups excluding carboxylic acids is 1. The first-order valence-electron chi connectivity index (χ1n) is 4.77. The second-order valence-corrected chi connectivity index (χ2v) is 4.41. The van der Waals surface area contributed by atoms with E-state index in [0.29, 0.717) is 10.6 Å². The van der Waals surface area contributed by atoms with Crippen LogP contribution in [-0.2, 0) is 14.9 Å². The lowest BCUT2D eigenvalue weighted by molar-refractivity contribution is -0.153. The normalized spacial score (nSPS) is 13.3. The molecule has 16 heavy (non-hydrogen) atoms. The summed E-state index contributed by atoms with van der Waals surface area (Å²) in [5, 5.41) is 10.3. The van der Waals surface area contributed by atoms with Gasteiger partial charge in [0.25, 0.3) is 0 Å². The van der Waals surface area contributed by atoms with Gasteiger partial charge in [0.2, 0.25) is 0 Å². The van der Waals surface area contributed by atoms with Gasteiger partial charge in [-0.3, -0.25) is 4.98 Å². The first-order chi connectivity index (χ1) is 7.41. The molecule has 0 aliphatic heterocycles. The lowest BCUT2D eigenvalue weighted by Gasteiger charge is -2.29. The molecule has 0 saturated carbocycles. The third-order valence-electron chi connectivity index (χ3n) is 2.57. The topological polar surface area (TPSA) is 59.4 Å². The summed E-state index contributed by atoms with van der Waals surface area (Å²) in [6, 6.07) is 1.68. The van der Waals surface area contributed by atoms with Crippen LogP contribution >= 0.6 is 11.6 Å². The van der Waals surface area contributed by atoms with Crippen molar-refractivity contribution in [1.29, 1.82) is 0 Å². The van der Waals surface area contributed by atoms with Crippen LogP contribution < -0.4 is 0 Å². The first-order valence-corrected chi connectivity index (χ1v) is 5.15. The number of aliphatic hydroxyl groups excluding tert-OH is 1. The summed E-state index contributed by atoms with van der Waals surface area (Å²) >= 11 is 5.97. The van der Waals surface area contributed by atoms with Crippen LogP contribution in [-0.4, -0.2) is 29.3 Å². The second kappa shape index (κ2) is 4.80. The first kappa shape index (κ1) is 12.9. The van der Waals surface area contributed by atoms with E-state index in [9.17, 15) is 9.90 Å². The number of pyridine rings is 1. The van der Waals surface area contributed by atoms with Crippen molar-refractivity contribution in [2.45, 2.75) is 25.4 Å². The molecule has 1 aromatic heterocycles. The van der Waals surface area contributed by atoms with Gasteiger partial charge in [-0.2, -0.15) is 0 Å². The third-order valence-corrected chi connectivity index (χ3v) is 2.88. The molecule has 1 unspecified atom stereocenters. The predicted molar refractivity (Wildman–Crippen MR) is 60.3 cm³/mol. The van der Waals surface area contributed by atoms with Crippen LogP contribution in [0.3, 0.4) is 0 Å². The summed E-state index contributed by atoms with van der Waals surface area (Å²) in [5.41, 5.74) is -0.172. The van der Waals surface area contributed by atoms with Crippen LogP contribution in [0.15, 0.2) is 18.5 Å². The molecule has 0 bridgehead atoms. The minimum absolute atomic E-state index is 0.412. The molecule has 4 nitrogen and oxygen atoms in total. The van der Waals surface area contributed by atoms with Crippen LogP contribution in [0.25, 0.3) is 0 Å². The van der Waals surface area contributed by atoms with Gasteiger partial charge in [-0.25, -0.2) is 4.79 Å². The maximum Gasteiger partial charge on any atom is 0.335 e. The molecule has 1 atom stereocenters. The molecular formula is C11H14ClNO3. The van der Waals surface area contributed by atoms with Crippen LogP contribution in [0.4, 0.5) is 0 Å². The smallest absolute Gasteiger partial charge is 0.335 e. The molecule has 1 N–H and O–H groups in total. The molecule has 1 rings (SSSR count). The van der Waals surface area contributed by atoms with E-state index in [1.807, 2.05) is 0 Å². The van der Waals surface area contributed by atoms with Gasteiger partial charge in [0.1, 0.15) is 0 Å². The number of nitrogens with zero attached hydrogens (tertiary/aromatic N) is 1. The van der Waals surface area contributed by atoms with E-state index < -0.39 is 17.5 Å². The largest absolute Gasteiger partial charge is 0.467 e. The summed E-state index contributed by atoms with van der Waals surface area (Å²) in [7, 11) is 1.23. The molecular weight excluding hydrogens is 230 g/mol. The molecule has 0 radical (unpaired) electrons. The molecule has 0 fully saturated rings. The van der Waals surface area contributed by atoms with Gasteiger partial charge in [0, 0.05) is 17.8 Å². The standard InChI is InChI=1S/C11H14ClNO3/c1-11(2,9(14)10(15)16-3)7-4-5-13-6-8(7)12/h4-6,9,14H,1-3H3. The molecule has 88 valence electrons. The number of aliphatic hydroxyl groups is 1. The Labute approximate surface area is 99.2 Å². The van der Waals surface area contributed by atoms with Crippen LogP contribution in [0, 0.1) is 0 Å². The van der Waals surface area contributed by atoms with Crippen molar-refractivity contribution in [1.82, 2.24) is 4.98 Å². The molecule has 0 saturated heterocycles. The number of rotatable bonds is 3. The highest BCUT2D eigenvalue weighted by molar-refractivity contribution is 6.31. The molecule has 0 aliphatic rings. The summed E-state index contributed by atoms with van der Waals surface area (Å²) < 4.78 is 4.51. The van der Waals surface area contributed by atoms with Gasteiger partial charge in [0.05, 0.1) is 12.1 Å². The number of methoxy groups -OCH3 is 1. The zero-order chi connectivity index (χ0) is 12.3. The molecule has 0 amide bonds. The van der Waals surface area contributed by atoms with Crippen LogP contribution in [0.5, 0.6) is 0 Å². The summed E-state index contributed by atoms with van der Waals surface area (Å²) in [5.74, 6) is -0.683. The molecule has 0 aromatic carbocycles. The second-order valence-electron chi connectivity index (χ2n) is 4.00. The zero-order valence-electron chi connectivity index (χ0n) is 9.40. The number of hydrogen-bond donors (Lipinski definition) is 1. The van der Waals surface area contributed by atoms with Gasteiger partial charge in [-0.1, -0.05) is 25.4 Å². The highest BCUT2D eigenvalue weighted by Gasteiger charge is 2.37. The van der Waals surface area contributed by atoms with Crippen molar-refractivity contribution in [3.05, 3.63) is 29.0 Å². The summed E-state index contributed by atoms with van der Waals surface area (Å²) in [6.07, 6.45) is 1.77. The highest BCUT2D eigenvalue weighted by atomic mass is 35.5. The van der Waals surface area contributed by atoms with E-state index in [4.69, 9.17) is 11.6 Å². The summed E-state index contributed by atoms with van der Waals surface area (Å²) in [4.78, 5) is 15.2. The fraction of sp³-hybridized carbons (Fsp3) is 0.455. The Bertz CT molecular complexity index is 393. The number of ether oxygens (including phenoxy) is 1. The predicted octanol–water partition coefficient (Wildman–Crippen LogP) is 1.55. The minimum Gasteiger partial charge on any atom is -0.467 e. The van der Waals surface area contributed by atoms with Crippen molar-refractivity contribution in [3.8, 4) is 0 Å². The fourth-order valence-electron chi connectivity index (χ4n) is 1.45. The SMILES string of the molecule is COC(=O)C(O)C(C)(C)c1ccncc1Cl. The quantitative estimate of drug-likeness (QED) is 0.819. The summed E-state index contributed by atoms with van der Waals surface area (Å²) in [6.45, 7) is 3.44. The number of carbonyl (C=O) groups is 1. The van der Waals surface area contributed by atoms with Crippen molar-refractivity contribution < 1.29 is 14.6 Å². The van der Waals surface area contributed by atoms with Crippen LogP contribution in [0.2, 0.25) is 5.02 Å². The van der Waals surface area contributed by atoms with Gasteiger partial charge in [-0.05, 0) is 11.6 Å². The minimum atomic E-state index is -1.27. The fourth-order valence-corrected chi connectivity index (χ4v) is 1.81. The van der Waals surface area contributed by atoms with Gasteiger partial charge in [-0.15, -0.1) is 0 Å². The number of esters is 1. The highest BCUT2D eigenvalue weighted by Crippen LogP contribution is 2.32. The Hall–Kier alpha value is -1.13. The van der Waals surface area contributed by atoms with Crippen molar-refractivity contribution >= 4 is 17.6 Å². The number of halogens is 1. The monoisotopic (exact) mass is 243 g/mol. The average Bonchev–Trinajstić information content (AvgIpc) is 2.27. The zero-order valence-corrected chi connectivity index (χ0v) is 10.2. The van der Waals surface area contributed by atoms with E-state index >= 15 is 0 Å². The number of aromatic nitrogens is 1. The van der Waals surface area contributed by atoms with Gasteiger partial charge >= 0.3 is 5.97 Å². The third kappa shape index (κ3) is 2.33. The molecule has 5 heteroatoms. The Morgan fingerprint density at radius 3 is 2.75 bits per heavy atom. The van der Waals surface area contributed by atoms with E-state index in [1.54, 1.807) is 26.1 Å². The Morgan fingerprint density at radius 1 is 1.62 bits per heavy atom. The van der Waals surface area contributed by atoms with Gasteiger partial charge < -0.3 is 9.84 Å². The molecule has 1 heterocycles. The molecule has 0 spiro atoms. The maximum atomic E-state index is 11.3. The average molecular weight is 244 g/mol. The molecule has 0 aliphatic carbocycles. The Balaban J connectivity index is 3.11. The van der Waals surface area contributed by atoms with E-state index in [2.05, 4.69) is 9.72 Å². The van der Waals surface area contributed by atoms with Crippen molar-refractivity contribution in [2.75, 3.05) is 7.11 Å². The lowest BCUT2D eigenvalue weighted by Crippen LogP contribution is -2.40. The van der Waals surface area contributed by atoms with E-state index in [-0.39, 0.29) is 0 Å². The van der Waals surface area contributed by atoms with Gasteiger partial charge in [0.15, 0.2) is 6.10 Å².